The number of alkyl halides is 3. The van der Waals surface area contributed by atoms with Gasteiger partial charge < -0.3 is 5.11 Å². The van der Waals surface area contributed by atoms with Crippen molar-refractivity contribution in [2.75, 3.05) is 0 Å². The van der Waals surface area contributed by atoms with Crippen LogP contribution < -0.4 is 0 Å². The summed E-state index contributed by atoms with van der Waals surface area (Å²) in [4.78, 5) is 14.1. The number of hydrogen-bond donors (Lipinski definition) is 1. The Labute approximate surface area is 89.9 Å². The van der Waals surface area contributed by atoms with Gasteiger partial charge in [-0.25, -0.2) is 0 Å². The molecule has 16 heavy (non-hydrogen) atoms. The average molecular weight is 233 g/mol. The van der Waals surface area contributed by atoms with E-state index in [4.69, 9.17) is 5.11 Å². The molecule has 1 aromatic heterocycles. The predicted octanol–water partition coefficient (Wildman–Crippen LogP) is 2.46. The molecular weight excluding hydrogens is 223 g/mol. The molecule has 1 heterocycles. The van der Waals surface area contributed by atoms with E-state index < -0.39 is 23.3 Å². The molecule has 1 rings (SSSR count). The Bertz CT molecular complexity index is 396. The van der Waals surface area contributed by atoms with E-state index in [1.165, 1.54) is 13.8 Å². The lowest BCUT2D eigenvalue weighted by atomic mass is 9.86. The van der Waals surface area contributed by atoms with Gasteiger partial charge in [-0.3, -0.25) is 9.78 Å². The number of carbonyl (C=O) groups is 1. The Morgan fingerprint density at radius 2 is 1.88 bits per heavy atom. The number of pyridine rings is 1. The number of nitrogens with zero attached hydrogens (tertiary/aromatic N) is 1. The maximum absolute atomic E-state index is 12.2. The molecule has 0 spiro atoms. The van der Waals surface area contributed by atoms with Crippen molar-refractivity contribution >= 4 is 5.97 Å². The zero-order valence-corrected chi connectivity index (χ0v) is 8.67. The van der Waals surface area contributed by atoms with Gasteiger partial charge in [0.05, 0.1) is 5.41 Å². The highest BCUT2D eigenvalue weighted by atomic mass is 19.4. The van der Waals surface area contributed by atoms with E-state index in [-0.39, 0.29) is 5.56 Å². The first-order valence-corrected chi connectivity index (χ1v) is 4.43. The molecule has 88 valence electrons. The van der Waals surface area contributed by atoms with Gasteiger partial charge >= 0.3 is 12.1 Å². The summed E-state index contributed by atoms with van der Waals surface area (Å²) in [7, 11) is 0. The predicted molar refractivity (Wildman–Crippen MR) is 49.9 cm³/mol. The van der Waals surface area contributed by atoms with Crippen LogP contribution in [-0.2, 0) is 16.4 Å². The molecule has 0 saturated heterocycles. The van der Waals surface area contributed by atoms with Crippen molar-refractivity contribution in [3.8, 4) is 0 Å². The van der Waals surface area contributed by atoms with Crippen LogP contribution in [0.5, 0.6) is 0 Å². The van der Waals surface area contributed by atoms with Crippen molar-refractivity contribution in [2.45, 2.75) is 25.4 Å². The van der Waals surface area contributed by atoms with E-state index in [1.807, 2.05) is 0 Å². The molecule has 0 amide bonds. The van der Waals surface area contributed by atoms with Gasteiger partial charge in [0, 0.05) is 6.20 Å². The van der Waals surface area contributed by atoms with Gasteiger partial charge in [0.15, 0.2) is 0 Å². The van der Waals surface area contributed by atoms with Crippen LogP contribution in [0.1, 0.15) is 25.1 Å². The van der Waals surface area contributed by atoms with Crippen molar-refractivity contribution in [3.05, 3.63) is 29.6 Å². The molecule has 0 fully saturated rings. The smallest absolute Gasteiger partial charge is 0.433 e. The van der Waals surface area contributed by atoms with Gasteiger partial charge in [0.1, 0.15) is 5.69 Å². The summed E-state index contributed by atoms with van der Waals surface area (Å²) in [6.45, 7) is 2.80. The molecule has 6 heteroatoms. The van der Waals surface area contributed by atoms with E-state index in [0.29, 0.717) is 0 Å². The Hall–Kier alpha value is -1.59. The van der Waals surface area contributed by atoms with Gasteiger partial charge in [-0.1, -0.05) is 6.07 Å². The number of aromatic nitrogens is 1. The van der Waals surface area contributed by atoms with Crippen molar-refractivity contribution in [2.24, 2.45) is 0 Å². The molecule has 3 nitrogen and oxygen atoms in total. The molecule has 0 unspecified atom stereocenters. The number of carboxylic acid groups (broad SMARTS) is 1. The van der Waals surface area contributed by atoms with E-state index in [9.17, 15) is 18.0 Å². The third-order valence-corrected chi connectivity index (χ3v) is 2.31. The molecular formula is C10H10F3NO2. The van der Waals surface area contributed by atoms with Crippen LogP contribution in [0, 0.1) is 0 Å². The second kappa shape index (κ2) is 3.77. The highest BCUT2D eigenvalue weighted by Gasteiger charge is 2.34. The van der Waals surface area contributed by atoms with Gasteiger partial charge in [0.2, 0.25) is 0 Å². The van der Waals surface area contributed by atoms with E-state index >= 15 is 0 Å². The van der Waals surface area contributed by atoms with Crippen molar-refractivity contribution < 1.29 is 23.1 Å². The second-order valence-electron chi connectivity index (χ2n) is 3.86. The van der Waals surface area contributed by atoms with E-state index in [2.05, 4.69) is 4.98 Å². The van der Waals surface area contributed by atoms with Crippen LogP contribution in [0.3, 0.4) is 0 Å². The van der Waals surface area contributed by atoms with Crippen LogP contribution in [-0.4, -0.2) is 16.1 Å². The first-order chi connectivity index (χ1) is 7.15. The molecule has 0 radical (unpaired) electrons. The molecule has 0 aliphatic rings. The molecule has 0 aliphatic carbocycles. The topological polar surface area (TPSA) is 50.2 Å². The minimum Gasteiger partial charge on any atom is -0.481 e. The second-order valence-corrected chi connectivity index (χ2v) is 3.86. The largest absolute Gasteiger partial charge is 0.481 e. The summed E-state index contributed by atoms with van der Waals surface area (Å²) in [6.07, 6.45) is -3.57. The standard InChI is InChI=1S/C10H10F3NO2/c1-9(2,8(15)16)6-3-4-7(14-5-6)10(11,12)13/h3-5H,1-2H3,(H,15,16). The van der Waals surface area contributed by atoms with Gasteiger partial charge in [-0.15, -0.1) is 0 Å². The number of rotatable bonds is 2. The fourth-order valence-corrected chi connectivity index (χ4v) is 1.05. The summed E-state index contributed by atoms with van der Waals surface area (Å²) in [6, 6.07) is 1.91. The zero-order chi connectivity index (χ0) is 12.6. The summed E-state index contributed by atoms with van der Waals surface area (Å²) >= 11 is 0. The molecule has 0 aromatic carbocycles. The third-order valence-electron chi connectivity index (χ3n) is 2.31. The van der Waals surface area contributed by atoms with Crippen LogP contribution in [0.25, 0.3) is 0 Å². The van der Waals surface area contributed by atoms with Crippen LogP contribution in [0.2, 0.25) is 0 Å². The zero-order valence-electron chi connectivity index (χ0n) is 8.67. The quantitative estimate of drug-likeness (QED) is 0.853. The van der Waals surface area contributed by atoms with E-state index in [1.54, 1.807) is 0 Å². The fourth-order valence-electron chi connectivity index (χ4n) is 1.05. The first-order valence-electron chi connectivity index (χ1n) is 4.43. The normalized spacial score (nSPS) is 12.6. The molecule has 1 aromatic rings. The monoisotopic (exact) mass is 233 g/mol. The maximum atomic E-state index is 12.2. The fraction of sp³-hybridized carbons (Fsp3) is 0.400. The lowest BCUT2D eigenvalue weighted by Gasteiger charge is -2.19. The SMILES string of the molecule is CC(C)(C(=O)O)c1ccc(C(F)(F)F)nc1. The highest BCUT2D eigenvalue weighted by Crippen LogP contribution is 2.29. The minimum atomic E-state index is -4.51. The number of aliphatic carboxylic acids is 1. The Balaban J connectivity index is 3.09. The Morgan fingerprint density at radius 1 is 1.31 bits per heavy atom. The number of halogens is 3. The minimum absolute atomic E-state index is 0.230. The average Bonchev–Trinajstić information content (AvgIpc) is 2.16. The molecule has 0 atom stereocenters. The Morgan fingerprint density at radius 3 is 2.19 bits per heavy atom. The Kier molecular flexibility index (Phi) is 2.94. The highest BCUT2D eigenvalue weighted by molar-refractivity contribution is 5.80. The van der Waals surface area contributed by atoms with Crippen molar-refractivity contribution in [1.29, 1.82) is 0 Å². The summed E-state index contributed by atoms with van der Waals surface area (Å²) in [5.74, 6) is -1.12. The van der Waals surface area contributed by atoms with Gasteiger partial charge in [-0.05, 0) is 25.5 Å². The third kappa shape index (κ3) is 2.32. The van der Waals surface area contributed by atoms with E-state index in [0.717, 1.165) is 18.3 Å². The molecule has 0 aliphatic heterocycles. The van der Waals surface area contributed by atoms with Gasteiger partial charge in [0.25, 0.3) is 0 Å². The van der Waals surface area contributed by atoms with Crippen LogP contribution >= 0.6 is 0 Å². The lowest BCUT2D eigenvalue weighted by Crippen LogP contribution is -2.28. The molecule has 0 saturated carbocycles. The summed E-state index contributed by atoms with van der Waals surface area (Å²) in [5.41, 5.74) is -2.05. The lowest BCUT2D eigenvalue weighted by molar-refractivity contribution is -0.142. The molecule has 1 N–H and O–H groups in total. The van der Waals surface area contributed by atoms with Crippen LogP contribution in [0.15, 0.2) is 18.3 Å². The van der Waals surface area contributed by atoms with Gasteiger partial charge in [-0.2, -0.15) is 13.2 Å². The number of hydrogen-bond acceptors (Lipinski definition) is 2. The van der Waals surface area contributed by atoms with Crippen molar-refractivity contribution in [3.63, 3.8) is 0 Å². The van der Waals surface area contributed by atoms with Crippen molar-refractivity contribution in [1.82, 2.24) is 4.98 Å². The maximum Gasteiger partial charge on any atom is 0.433 e. The summed E-state index contributed by atoms with van der Waals surface area (Å²) in [5, 5.41) is 8.87. The molecule has 0 bridgehead atoms. The first kappa shape index (κ1) is 12.5. The summed E-state index contributed by atoms with van der Waals surface area (Å²) < 4.78 is 36.6. The number of carboxylic acids is 1. The van der Waals surface area contributed by atoms with Crippen LogP contribution in [0.4, 0.5) is 13.2 Å².